The Balaban J connectivity index is 0.000000245. The van der Waals surface area contributed by atoms with Crippen LogP contribution >= 0.6 is 11.6 Å². The number of ether oxygens (including phenoxy) is 1. The maximum Gasteiger partial charge on any atom is 0.272 e. The lowest BCUT2D eigenvalue weighted by molar-refractivity contribution is -0.113. The molecule has 1 aliphatic carbocycles. The van der Waals surface area contributed by atoms with Gasteiger partial charge in [0.15, 0.2) is 5.82 Å². The van der Waals surface area contributed by atoms with Crippen LogP contribution in [0.4, 0.5) is 8.78 Å². The second-order valence-electron chi connectivity index (χ2n) is 9.06. The molecular formula is C25H27ClF2N6O3. The van der Waals surface area contributed by atoms with Gasteiger partial charge in [-0.2, -0.15) is 5.10 Å². The Hall–Kier alpha value is -3.44. The molecule has 0 aromatic carbocycles. The van der Waals surface area contributed by atoms with Crippen LogP contribution < -0.4 is 10.1 Å². The van der Waals surface area contributed by atoms with E-state index in [1.807, 2.05) is 4.90 Å². The first-order valence-corrected chi connectivity index (χ1v) is 12.1. The van der Waals surface area contributed by atoms with Crippen molar-refractivity contribution in [2.24, 2.45) is 5.92 Å². The van der Waals surface area contributed by atoms with E-state index in [9.17, 15) is 18.4 Å². The molecule has 2 N–H and O–H groups in total. The van der Waals surface area contributed by atoms with Crippen molar-refractivity contribution in [2.45, 2.75) is 37.8 Å². The van der Waals surface area contributed by atoms with Crippen molar-refractivity contribution >= 4 is 23.8 Å². The Kier molecular flexibility index (Phi) is 8.13. The predicted octanol–water partition coefficient (Wildman–Crippen LogP) is 3.80. The third-order valence-electron chi connectivity index (χ3n) is 6.55. The number of aromatic nitrogens is 4. The van der Waals surface area contributed by atoms with Crippen LogP contribution in [-0.2, 0) is 11.3 Å². The molecule has 1 aliphatic heterocycles. The van der Waals surface area contributed by atoms with Crippen molar-refractivity contribution in [1.29, 1.82) is 0 Å². The number of carbonyl (C=O) groups is 2. The summed E-state index contributed by atoms with van der Waals surface area (Å²) >= 11 is 5.67. The highest BCUT2D eigenvalue weighted by atomic mass is 35.5. The van der Waals surface area contributed by atoms with Gasteiger partial charge in [0.2, 0.25) is 5.88 Å². The maximum atomic E-state index is 14.1. The normalized spacial score (nSPS) is 17.6. The fourth-order valence-corrected chi connectivity index (χ4v) is 4.69. The predicted molar refractivity (Wildman–Crippen MR) is 132 cm³/mol. The van der Waals surface area contributed by atoms with Gasteiger partial charge in [-0.15, -0.1) is 0 Å². The second-order valence-corrected chi connectivity index (χ2v) is 9.46. The lowest BCUT2D eigenvalue weighted by Gasteiger charge is -2.38. The second kappa shape index (κ2) is 11.3. The summed E-state index contributed by atoms with van der Waals surface area (Å²) < 4.78 is 31.5. The molecule has 1 amide bonds. The van der Waals surface area contributed by atoms with E-state index in [2.05, 4.69) is 25.5 Å². The molecule has 1 spiro atoms. The average molecular weight is 533 g/mol. The van der Waals surface area contributed by atoms with Gasteiger partial charge < -0.3 is 19.7 Å². The van der Waals surface area contributed by atoms with Gasteiger partial charge in [0, 0.05) is 36.2 Å². The highest BCUT2D eigenvalue weighted by Gasteiger charge is 2.53. The fourth-order valence-electron chi connectivity index (χ4n) is 4.47. The van der Waals surface area contributed by atoms with Crippen LogP contribution in [0.5, 0.6) is 5.88 Å². The average Bonchev–Trinajstić information content (AvgIpc) is 3.47. The quantitative estimate of drug-likeness (QED) is 0.464. The number of piperidine rings is 1. The molecule has 3 aromatic rings. The molecule has 4 heterocycles. The Morgan fingerprint density at radius 2 is 2.08 bits per heavy atom. The lowest BCUT2D eigenvalue weighted by Crippen LogP contribution is -2.48. The van der Waals surface area contributed by atoms with Gasteiger partial charge in [-0.3, -0.25) is 14.9 Å². The number of halogens is 3. The fraction of sp³-hybridized carbons (Fsp3) is 0.400. The van der Waals surface area contributed by atoms with Crippen LogP contribution in [0.15, 0.2) is 30.6 Å². The number of nitrogens with one attached hydrogen (secondary N) is 2. The minimum Gasteiger partial charge on any atom is -0.481 e. The summed E-state index contributed by atoms with van der Waals surface area (Å²) in [6.45, 7) is 1.10. The first-order valence-electron chi connectivity index (χ1n) is 11.8. The van der Waals surface area contributed by atoms with Crippen molar-refractivity contribution in [1.82, 2.24) is 30.4 Å². The zero-order chi connectivity index (χ0) is 26.6. The van der Waals surface area contributed by atoms with E-state index in [-0.39, 0.29) is 28.8 Å². The number of pyridine rings is 2. The standard InChI is InChI=1S/C18H19FN4O3.C7H8ClFN2/c1-26-16-6-12(13(19)9-20-16)14-7-15(22-21-14)17(25)23-5-2-11(10-24)8-18(23)3-4-18;1-10-4-7-6(8)2-5(9)3-11-7/h6-7,9-11H,2-5,8H2,1H3,(H,21,22);2-3,10H,4H2,1H3. The molecule has 0 bridgehead atoms. The summed E-state index contributed by atoms with van der Waals surface area (Å²) in [5, 5.41) is 10.0. The van der Waals surface area contributed by atoms with Crippen molar-refractivity contribution in [2.75, 3.05) is 20.7 Å². The van der Waals surface area contributed by atoms with Crippen LogP contribution in [0.1, 0.15) is 41.9 Å². The number of amides is 1. The Bertz CT molecular complexity index is 1280. The van der Waals surface area contributed by atoms with E-state index >= 15 is 0 Å². The van der Waals surface area contributed by atoms with Crippen molar-refractivity contribution in [3.63, 3.8) is 0 Å². The van der Waals surface area contributed by atoms with E-state index in [0.717, 1.165) is 37.9 Å². The third-order valence-corrected chi connectivity index (χ3v) is 6.88. The molecular weight excluding hydrogens is 506 g/mol. The van der Waals surface area contributed by atoms with Crippen LogP contribution in [0, 0.1) is 17.6 Å². The number of carbonyl (C=O) groups excluding carboxylic acids is 2. The summed E-state index contributed by atoms with van der Waals surface area (Å²) in [4.78, 5) is 33.5. The van der Waals surface area contributed by atoms with Crippen molar-refractivity contribution < 1.29 is 23.1 Å². The molecule has 2 aliphatic rings. The molecule has 5 rings (SSSR count). The zero-order valence-electron chi connectivity index (χ0n) is 20.4. The van der Waals surface area contributed by atoms with Crippen LogP contribution in [0.3, 0.4) is 0 Å². The summed E-state index contributed by atoms with van der Waals surface area (Å²) in [7, 11) is 3.23. The molecule has 2 fully saturated rings. The summed E-state index contributed by atoms with van der Waals surface area (Å²) in [5.74, 6) is -0.814. The molecule has 1 saturated heterocycles. The molecule has 37 heavy (non-hydrogen) atoms. The summed E-state index contributed by atoms with van der Waals surface area (Å²) in [6, 6.07) is 4.24. The minimum atomic E-state index is -0.540. The van der Waals surface area contributed by atoms with E-state index in [1.165, 1.54) is 19.2 Å². The Labute approximate surface area is 217 Å². The Morgan fingerprint density at radius 1 is 1.30 bits per heavy atom. The first kappa shape index (κ1) is 26.6. The van der Waals surface area contributed by atoms with Crippen LogP contribution in [0.2, 0.25) is 5.02 Å². The Morgan fingerprint density at radius 3 is 2.73 bits per heavy atom. The third kappa shape index (κ3) is 5.94. The summed E-state index contributed by atoms with van der Waals surface area (Å²) in [6.07, 6.45) is 6.44. The number of methoxy groups -OCH3 is 1. The maximum absolute atomic E-state index is 14.1. The van der Waals surface area contributed by atoms with E-state index < -0.39 is 11.6 Å². The van der Waals surface area contributed by atoms with Crippen molar-refractivity contribution in [3.8, 4) is 17.1 Å². The highest BCUT2D eigenvalue weighted by molar-refractivity contribution is 6.31. The van der Waals surface area contributed by atoms with Gasteiger partial charge in [-0.1, -0.05) is 11.6 Å². The lowest BCUT2D eigenvalue weighted by atomic mass is 9.90. The number of aldehydes is 1. The van der Waals surface area contributed by atoms with Crippen molar-refractivity contribution in [3.05, 3.63) is 58.6 Å². The number of hydrogen-bond acceptors (Lipinski definition) is 7. The minimum absolute atomic E-state index is 0.0252. The van der Waals surface area contributed by atoms with Gasteiger partial charge >= 0.3 is 0 Å². The number of nitrogens with zero attached hydrogens (tertiary/aromatic N) is 4. The molecule has 1 saturated carbocycles. The van der Waals surface area contributed by atoms with Gasteiger partial charge in [0.25, 0.3) is 5.91 Å². The van der Waals surface area contributed by atoms with Crippen LogP contribution in [-0.4, -0.2) is 63.5 Å². The van der Waals surface area contributed by atoms with Gasteiger partial charge in [-0.05, 0) is 44.9 Å². The van der Waals surface area contributed by atoms with E-state index in [1.54, 1.807) is 13.1 Å². The van der Waals surface area contributed by atoms with Gasteiger partial charge in [-0.25, -0.2) is 13.8 Å². The zero-order valence-corrected chi connectivity index (χ0v) is 21.2. The molecule has 9 nitrogen and oxygen atoms in total. The number of rotatable bonds is 6. The molecule has 1 unspecified atom stereocenters. The monoisotopic (exact) mass is 532 g/mol. The largest absolute Gasteiger partial charge is 0.481 e. The molecule has 3 aromatic heterocycles. The van der Waals surface area contributed by atoms with Gasteiger partial charge in [0.05, 0.1) is 35.9 Å². The molecule has 0 radical (unpaired) electrons. The number of hydrogen-bond donors (Lipinski definition) is 2. The number of aromatic amines is 1. The first-order chi connectivity index (χ1) is 17.8. The molecule has 12 heteroatoms. The highest BCUT2D eigenvalue weighted by Crippen LogP contribution is 2.50. The van der Waals surface area contributed by atoms with E-state index in [4.69, 9.17) is 16.3 Å². The summed E-state index contributed by atoms with van der Waals surface area (Å²) in [5.41, 5.74) is 1.31. The molecule has 1 atom stereocenters. The molecule has 196 valence electrons. The number of H-pyrrole nitrogens is 1. The van der Waals surface area contributed by atoms with E-state index in [0.29, 0.717) is 41.6 Å². The SMILES string of the molecule is CNCc1ncc(F)cc1Cl.COc1cc(-c2cc(C(=O)N3CCC(C=O)CC34CC4)[nH]n2)c(F)cn1. The van der Waals surface area contributed by atoms with Crippen LogP contribution in [0.25, 0.3) is 11.3 Å². The topological polar surface area (TPSA) is 113 Å². The smallest absolute Gasteiger partial charge is 0.272 e. The number of likely N-dealkylation sites (tertiary alicyclic amines) is 1. The van der Waals surface area contributed by atoms with Gasteiger partial charge in [0.1, 0.15) is 17.8 Å².